The number of alkyl carbamates (subject to hydrolysis) is 1. The van der Waals surface area contributed by atoms with Crippen molar-refractivity contribution >= 4 is 12.1 Å². The minimum absolute atomic E-state index is 0.0887. The van der Waals surface area contributed by atoms with Crippen LogP contribution in [0.5, 0.6) is 0 Å². The highest BCUT2D eigenvalue weighted by atomic mass is 16.6. The van der Waals surface area contributed by atoms with E-state index in [4.69, 9.17) is 9.47 Å². The summed E-state index contributed by atoms with van der Waals surface area (Å²) in [7, 11) is 0. The van der Waals surface area contributed by atoms with Crippen molar-refractivity contribution in [2.24, 2.45) is 0 Å². The van der Waals surface area contributed by atoms with Crippen molar-refractivity contribution in [3.63, 3.8) is 0 Å². The van der Waals surface area contributed by atoms with Crippen LogP contribution < -0.4 is 5.32 Å². The molecule has 3 aromatic carbocycles. The van der Waals surface area contributed by atoms with E-state index in [2.05, 4.69) is 17.4 Å². The van der Waals surface area contributed by atoms with Gasteiger partial charge in [0, 0.05) is 5.92 Å². The van der Waals surface area contributed by atoms with Crippen molar-refractivity contribution in [1.82, 2.24) is 5.32 Å². The summed E-state index contributed by atoms with van der Waals surface area (Å²) in [4.78, 5) is 25.1. The van der Waals surface area contributed by atoms with Crippen LogP contribution >= 0.6 is 0 Å². The van der Waals surface area contributed by atoms with E-state index < -0.39 is 30.3 Å². The molecule has 0 spiro atoms. The van der Waals surface area contributed by atoms with E-state index in [0.717, 1.165) is 22.3 Å². The molecule has 4 rings (SSSR count). The fourth-order valence-electron chi connectivity index (χ4n) is 4.21. The van der Waals surface area contributed by atoms with E-state index in [1.807, 2.05) is 42.5 Å². The molecule has 2 N–H and O–H groups in total. The Morgan fingerprint density at radius 3 is 2.00 bits per heavy atom. The molecule has 0 fully saturated rings. The van der Waals surface area contributed by atoms with Crippen LogP contribution in [-0.2, 0) is 14.3 Å². The normalized spacial score (nSPS) is 14.2. The Morgan fingerprint density at radius 2 is 1.42 bits per heavy atom. The number of hydrogen-bond acceptors (Lipinski definition) is 5. The molecule has 170 valence electrons. The number of carbonyl (C=O) groups excluding carboxylic acids is 2. The van der Waals surface area contributed by atoms with Crippen molar-refractivity contribution < 1.29 is 24.2 Å². The lowest BCUT2D eigenvalue weighted by Gasteiger charge is -2.24. The van der Waals surface area contributed by atoms with Crippen LogP contribution in [0, 0.1) is 0 Å². The van der Waals surface area contributed by atoms with E-state index in [9.17, 15) is 14.7 Å². The average molecular weight is 446 g/mol. The second-order valence-electron chi connectivity index (χ2n) is 8.29. The van der Waals surface area contributed by atoms with Crippen molar-refractivity contribution in [3.05, 3.63) is 95.6 Å². The maximum Gasteiger partial charge on any atom is 0.407 e. The topological polar surface area (TPSA) is 84.9 Å². The third-order valence-electron chi connectivity index (χ3n) is 5.68. The monoisotopic (exact) mass is 445 g/mol. The van der Waals surface area contributed by atoms with Gasteiger partial charge in [-0.2, -0.15) is 0 Å². The molecule has 3 aromatic rings. The van der Waals surface area contributed by atoms with Crippen molar-refractivity contribution in [1.29, 1.82) is 0 Å². The predicted molar refractivity (Wildman–Crippen MR) is 125 cm³/mol. The number of esters is 1. The molecule has 1 aliphatic carbocycles. The van der Waals surface area contributed by atoms with Gasteiger partial charge in [0.15, 0.2) is 6.10 Å². The van der Waals surface area contributed by atoms with Crippen LogP contribution in [0.3, 0.4) is 0 Å². The number of benzene rings is 3. The Hall–Kier alpha value is -3.64. The smallest absolute Gasteiger partial charge is 0.407 e. The molecule has 2 atom stereocenters. The van der Waals surface area contributed by atoms with Crippen LogP contribution in [0.25, 0.3) is 11.1 Å². The van der Waals surface area contributed by atoms with Crippen LogP contribution in [0.1, 0.15) is 42.5 Å². The number of ether oxygens (including phenoxy) is 2. The number of aliphatic hydroxyl groups is 1. The average Bonchev–Trinajstić information content (AvgIpc) is 3.14. The van der Waals surface area contributed by atoms with Gasteiger partial charge in [-0.25, -0.2) is 9.59 Å². The minimum atomic E-state index is -1.57. The van der Waals surface area contributed by atoms with E-state index in [1.54, 1.807) is 38.1 Å². The molecule has 1 aliphatic rings. The fraction of sp³-hybridized carbons (Fsp3) is 0.259. The quantitative estimate of drug-likeness (QED) is 0.520. The van der Waals surface area contributed by atoms with Gasteiger partial charge in [0.1, 0.15) is 6.61 Å². The van der Waals surface area contributed by atoms with Crippen molar-refractivity contribution in [2.45, 2.75) is 38.0 Å². The molecule has 0 heterocycles. The first kappa shape index (κ1) is 22.6. The zero-order valence-corrected chi connectivity index (χ0v) is 18.6. The minimum Gasteiger partial charge on any atom is -0.461 e. The van der Waals surface area contributed by atoms with Gasteiger partial charge in [-0.05, 0) is 41.7 Å². The molecule has 6 nitrogen and oxygen atoms in total. The Kier molecular flexibility index (Phi) is 6.75. The van der Waals surface area contributed by atoms with Crippen molar-refractivity contribution in [2.75, 3.05) is 6.61 Å². The van der Waals surface area contributed by atoms with Gasteiger partial charge in [-0.15, -0.1) is 0 Å². The van der Waals surface area contributed by atoms with Gasteiger partial charge in [-0.3, -0.25) is 0 Å². The molecule has 0 aromatic heterocycles. The lowest BCUT2D eigenvalue weighted by Crippen LogP contribution is -2.42. The zero-order valence-electron chi connectivity index (χ0n) is 18.6. The summed E-state index contributed by atoms with van der Waals surface area (Å²) < 4.78 is 10.7. The predicted octanol–water partition coefficient (Wildman–Crippen LogP) is 4.58. The first-order valence-corrected chi connectivity index (χ1v) is 11.0. The van der Waals surface area contributed by atoms with Gasteiger partial charge < -0.3 is 19.9 Å². The van der Waals surface area contributed by atoms with E-state index in [-0.39, 0.29) is 12.5 Å². The number of amides is 1. The summed E-state index contributed by atoms with van der Waals surface area (Å²) in [6.07, 6.45) is -2.68. The molecule has 6 heteroatoms. The number of carbonyl (C=O) groups is 2. The highest BCUT2D eigenvalue weighted by Crippen LogP contribution is 2.44. The number of fused-ring (bicyclic) bond motifs is 3. The number of nitrogens with one attached hydrogen (secondary N) is 1. The van der Waals surface area contributed by atoms with Crippen molar-refractivity contribution in [3.8, 4) is 11.1 Å². The Morgan fingerprint density at radius 1 is 0.879 bits per heavy atom. The third-order valence-corrected chi connectivity index (χ3v) is 5.68. The van der Waals surface area contributed by atoms with Crippen LogP contribution in [-0.4, -0.2) is 36.0 Å². The van der Waals surface area contributed by atoms with E-state index >= 15 is 0 Å². The fourth-order valence-corrected chi connectivity index (χ4v) is 4.21. The standard InChI is InChI=1S/C27H27NO5/c1-17(2)33-26(30)25(29)24(18-10-4-3-5-11-18)28-27(31)32-16-23-21-14-8-6-12-19(21)20-13-7-9-15-22(20)23/h3-15,17,23-25,29H,16H2,1-2H3,(H,28,31)/t24-,25+/m1/s1. The first-order chi connectivity index (χ1) is 16.0. The summed E-state index contributed by atoms with van der Waals surface area (Å²) in [5, 5.41) is 13.3. The van der Waals surface area contributed by atoms with Gasteiger partial charge in [-0.1, -0.05) is 78.9 Å². The second kappa shape index (κ2) is 9.88. The first-order valence-electron chi connectivity index (χ1n) is 11.0. The molecule has 33 heavy (non-hydrogen) atoms. The van der Waals surface area contributed by atoms with E-state index in [0.29, 0.717) is 5.56 Å². The molecular weight excluding hydrogens is 418 g/mol. The van der Waals surface area contributed by atoms with Gasteiger partial charge in [0.25, 0.3) is 0 Å². The zero-order chi connectivity index (χ0) is 23.4. The molecule has 0 saturated carbocycles. The second-order valence-corrected chi connectivity index (χ2v) is 8.29. The van der Waals surface area contributed by atoms with Crippen LogP contribution in [0.4, 0.5) is 4.79 Å². The molecule has 0 bridgehead atoms. The molecule has 0 aliphatic heterocycles. The van der Waals surface area contributed by atoms with Gasteiger partial charge in [0.2, 0.25) is 0 Å². The maximum atomic E-state index is 12.8. The number of aliphatic hydroxyl groups excluding tert-OH is 1. The molecule has 0 unspecified atom stereocenters. The van der Waals surface area contributed by atoms with Gasteiger partial charge in [0.05, 0.1) is 12.1 Å². The van der Waals surface area contributed by atoms with Crippen LogP contribution in [0.15, 0.2) is 78.9 Å². The Balaban J connectivity index is 1.49. The molecule has 0 radical (unpaired) electrons. The third kappa shape index (κ3) is 4.91. The number of hydrogen-bond donors (Lipinski definition) is 2. The number of rotatable bonds is 7. The highest BCUT2D eigenvalue weighted by Gasteiger charge is 2.33. The molecule has 1 amide bonds. The van der Waals surface area contributed by atoms with Gasteiger partial charge >= 0.3 is 12.1 Å². The van der Waals surface area contributed by atoms with E-state index in [1.165, 1.54) is 0 Å². The lowest BCUT2D eigenvalue weighted by atomic mass is 9.98. The molecule has 0 saturated heterocycles. The Labute approximate surface area is 193 Å². The molecular formula is C27H27NO5. The summed E-state index contributed by atoms with van der Waals surface area (Å²) in [5.41, 5.74) is 5.05. The summed E-state index contributed by atoms with van der Waals surface area (Å²) in [5.74, 6) is -0.896. The lowest BCUT2D eigenvalue weighted by molar-refractivity contribution is -0.159. The summed E-state index contributed by atoms with van der Waals surface area (Å²) in [6.45, 7) is 3.52. The van der Waals surface area contributed by atoms with Crippen LogP contribution in [0.2, 0.25) is 0 Å². The summed E-state index contributed by atoms with van der Waals surface area (Å²) >= 11 is 0. The SMILES string of the molecule is CC(C)OC(=O)[C@@H](O)[C@H](NC(=O)OCC1c2ccccc2-c2ccccc21)c1ccccc1. The Bertz CT molecular complexity index is 1080. The largest absolute Gasteiger partial charge is 0.461 e. The highest BCUT2D eigenvalue weighted by molar-refractivity contribution is 5.79. The summed E-state index contributed by atoms with van der Waals surface area (Å²) in [6, 6.07) is 23.9. The maximum absolute atomic E-state index is 12.8.